The van der Waals surface area contributed by atoms with Gasteiger partial charge in [0.2, 0.25) is 0 Å². The Morgan fingerprint density at radius 1 is 0.897 bits per heavy atom. The zero-order chi connectivity index (χ0) is 20.4. The van der Waals surface area contributed by atoms with E-state index >= 15 is 0 Å². The van der Waals surface area contributed by atoms with Crippen LogP contribution in [0.5, 0.6) is 0 Å². The fraction of sp³-hybridized carbons (Fsp3) is 0.190. The minimum atomic E-state index is -0.473. The molecular weight excluding hydrogens is 368 g/mol. The number of esters is 1. The number of hydrogen-bond acceptors (Lipinski definition) is 6. The third kappa shape index (κ3) is 3.77. The fourth-order valence-corrected chi connectivity index (χ4v) is 2.95. The van der Waals surface area contributed by atoms with Crippen molar-refractivity contribution in [3.05, 3.63) is 82.9 Å². The summed E-state index contributed by atoms with van der Waals surface area (Å²) in [4.78, 5) is 12.6. The Balaban J connectivity index is 1.50. The van der Waals surface area contributed by atoms with Crippen molar-refractivity contribution >= 4 is 5.97 Å². The molecule has 8 nitrogen and oxygen atoms in total. The van der Waals surface area contributed by atoms with E-state index in [1.807, 2.05) is 69.3 Å². The standard InChI is InChI=1S/C21H20N6O2/c1-14-4-8-17(9-5-14)26-16(3)19(12-22-26)21(28)29-13-20-23-24-25-27(20)18-10-6-15(2)7-11-18/h4-12H,13H2,1-3H3. The van der Waals surface area contributed by atoms with E-state index in [0.717, 1.165) is 22.5 Å². The van der Waals surface area contributed by atoms with E-state index in [9.17, 15) is 4.79 Å². The molecule has 0 saturated carbocycles. The van der Waals surface area contributed by atoms with Gasteiger partial charge in [-0.25, -0.2) is 9.48 Å². The van der Waals surface area contributed by atoms with Crippen molar-refractivity contribution in [2.75, 3.05) is 0 Å². The lowest BCUT2D eigenvalue weighted by Crippen LogP contribution is -2.11. The monoisotopic (exact) mass is 388 g/mol. The van der Waals surface area contributed by atoms with Crippen molar-refractivity contribution in [3.63, 3.8) is 0 Å². The lowest BCUT2D eigenvalue weighted by Gasteiger charge is -2.07. The molecule has 0 radical (unpaired) electrons. The summed E-state index contributed by atoms with van der Waals surface area (Å²) in [5.74, 6) is -0.0369. The third-order valence-corrected chi connectivity index (χ3v) is 4.65. The highest BCUT2D eigenvalue weighted by molar-refractivity contribution is 5.90. The van der Waals surface area contributed by atoms with E-state index < -0.39 is 5.97 Å². The quantitative estimate of drug-likeness (QED) is 0.488. The summed E-state index contributed by atoms with van der Waals surface area (Å²) in [6, 6.07) is 15.7. The molecule has 0 spiro atoms. The number of carbonyl (C=O) groups is 1. The molecule has 0 fully saturated rings. The van der Waals surface area contributed by atoms with Gasteiger partial charge in [0.1, 0.15) is 5.56 Å². The van der Waals surface area contributed by atoms with Crippen LogP contribution < -0.4 is 0 Å². The second-order valence-corrected chi connectivity index (χ2v) is 6.81. The molecular formula is C21H20N6O2. The van der Waals surface area contributed by atoms with Gasteiger partial charge in [-0.15, -0.1) is 5.10 Å². The molecule has 0 aliphatic heterocycles. The van der Waals surface area contributed by atoms with E-state index in [1.54, 1.807) is 9.36 Å². The normalized spacial score (nSPS) is 10.9. The first kappa shape index (κ1) is 18.5. The zero-order valence-corrected chi connectivity index (χ0v) is 16.4. The van der Waals surface area contributed by atoms with Crippen molar-refractivity contribution < 1.29 is 9.53 Å². The number of benzene rings is 2. The molecule has 2 heterocycles. The number of aryl methyl sites for hydroxylation is 2. The minimum Gasteiger partial charge on any atom is -0.454 e. The van der Waals surface area contributed by atoms with Crippen molar-refractivity contribution in [2.24, 2.45) is 0 Å². The molecule has 0 bridgehead atoms. The second-order valence-electron chi connectivity index (χ2n) is 6.81. The molecule has 0 aliphatic rings. The van der Waals surface area contributed by atoms with E-state index in [-0.39, 0.29) is 6.61 Å². The lowest BCUT2D eigenvalue weighted by molar-refractivity contribution is 0.0458. The molecule has 0 amide bonds. The molecule has 4 rings (SSSR count). The van der Waals surface area contributed by atoms with Gasteiger partial charge >= 0.3 is 5.97 Å². The summed E-state index contributed by atoms with van der Waals surface area (Å²) in [5.41, 5.74) is 5.09. The molecule has 4 aromatic rings. The summed E-state index contributed by atoms with van der Waals surface area (Å²) >= 11 is 0. The van der Waals surface area contributed by atoms with Gasteiger partial charge in [-0.2, -0.15) is 9.78 Å². The van der Waals surface area contributed by atoms with E-state index in [2.05, 4.69) is 20.6 Å². The van der Waals surface area contributed by atoms with E-state index in [0.29, 0.717) is 17.1 Å². The average molecular weight is 388 g/mol. The van der Waals surface area contributed by atoms with Gasteiger partial charge in [-0.3, -0.25) is 0 Å². The molecule has 2 aromatic carbocycles. The first-order valence-corrected chi connectivity index (χ1v) is 9.16. The van der Waals surface area contributed by atoms with Crippen LogP contribution in [-0.4, -0.2) is 36.0 Å². The summed E-state index contributed by atoms with van der Waals surface area (Å²) < 4.78 is 8.72. The number of nitrogens with zero attached hydrogens (tertiary/aromatic N) is 6. The van der Waals surface area contributed by atoms with Gasteiger partial charge in [0, 0.05) is 0 Å². The van der Waals surface area contributed by atoms with Gasteiger partial charge < -0.3 is 4.74 Å². The highest BCUT2D eigenvalue weighted by atomic mass is 16.5. The van der Waals surface area contributed by atoms with Crippen molar-refractivity contribution in [1.29, 1.82) is 0 Å². The predicted molar refractivity (Wildman–Crippen MR) is 106 cm³/mol. The summed E-state index contributed by atoms with van der Waals surface area (Å²) in [6.45, 7) is 5.81. The lowest BCUT2D eigenvalue weighted by atomic mass is 10.2. The number of hydrogen-bond donors (Lipinski definition) is 0. The van der Waals surface area contributed by atoms with Crippen molar-refractivity contribution in [2.45, 2.75) is 27.4 Å². The fourth-order valence-electron chi connectivity index (χ4n) is 2.95. The Labute approximate surface area is 167 Å². The Kier molecular flexibility index (Phi) is 4.90. The number of ether oxygens (including phenoxy) is 1. The van der Waals surface area contributed by atoms with Gasteiger partial charge in [-0.1, -0.05) is 35.4 Å². The molecule has 0 atom stereocenters. The van der Waals surface area contributed by atoms with Gasteiger partial charge in [0.25, 0.3) is 0 Å². The minimum absolute atomic E-state index is 0.0468. The molecule has 29 heavy (non-hydrogen) atoms. The Hall–Kier alpha value is -3.81. The van der Waals surface area contributed by atoms with Gasteiger partial charge in [0.15, 0.2) is 12.4 Å². The summed E-state index contributed by atoms with van der Waals surface area (Å²) in [6.07, 6.45) is 1.51. The van der Waals surface area contributed by atoms with Crippen LogP contribution >= 0.6 is 0 Å². The maximum atomic E-state index is 12.6. The van der Waals surface area contributed by atoms with Gasteiger partial charge in [-0.05, 0) is 55.5 Å². The van der Waals surface area contributed by atoms with Crippen molar-refractivity contribution in [3.8, 4) is 11.4 Å². The molecule has 8 heteroatoms. The average Bonchev–Trinajstić information content (AvgIpc) is 3.34. The number of tetrazole rings is 1. The van der Waals surface area contributed by atoms with Crippen LogP contribution in [-0.2, 0) is 11.3 Å². The maximum absolute atomic E-state index is 12.6. The molecule has 0 unspecified atom stereocenters. The van der Waals surface area contributed by atoms with Crippen molar-refractivity contribution in [1.82, 2.24) is 30.0 Å². The highest BCUT2D eigenvalue weighted by Crippen LogP contribution is 2.17. The van der Waals surface area contributed by atoms with Crippen LogP contribution in [0, 0.1) is 20.8 Å². The van der Waals surface area contributed by atoms with Crippen LogP contribution in [0.3, 0.4) is 0 Å². The Bertz CT molecular complexity index is 1140. The van der Waals surface area contributed by atoms with Crippen LogP contribution in [0.1, 0.15) is 33.0 Å². The predicted octanol–water partition coefficient (Wildman–Crippen LogP) is 3.13. The second kappa shape index (κ2) is 7.67. The van der Waals surface area contributed by atoms with Crippen LogP contribution in [0.15, 0.2) is 54.7 Å². The molecule has 0 aliphatic carbocycles. The topological polar surface area (TPSA) is 87.7 Å². The van der Waals surface area contributed by atoms with Crippen LogP contribution in [0.2, 0.25) is 0 Å². The largest absolute Gasteiger partial charge is 0.454 e. The van der Waals surface area contributed by atoms with Crippen LogP contribution in [0.4, 0.5) is 0 Å². The third-order valence-electron chi connectivity index (χ3n) is 4.65. The summed E-state index contributed by atoms with van der Waals surface area (Å²) in [5, 5.41) is 16.0. The first-order chi connectivity index (χ1) is 14.0. The zero-order valence-electron chi connectivity index (χ0n) is 16.4. The number of rotatable bonds is 5. The maximum Gasteiger partial charge on any atom is 0.342 e. The smallest absolute Gasteiger partial charge is 0.342 e. The van der Waals surface area contributed by atoms with Crippen LogP contribution in [0.25, 0.3) is 11.4 Å². The molecule has 0 N–H and O–H groups in total. The SMILES string of the molecule is Cc1ccc(-n2nnnc2COC(=O)c2cnn(-c3ccc(C)cc3)c2C)cc1. The van der Waals surface area contributed by atoms with Gasteiger partial charge in [0.05, 0.1) is 23.3 Å². The number of carbonyl (C=O) groups excluding carboxylic acids is 1. The van der Waals surface area contributed by atoms with E-state index in [1.165, 1.54) is 6.20 Å². The molecule has 2 aromatic heterocycles. The molecule has 0 saturated heterocycles. The Morgan fingerprint density at radius 3 is 2.10 bits per heavy atom. The van der Waals surface area contributed by atoms with E-state index in [4.69, 9.17) is 4.74 Å². The number of aromatic nitrogens is 6. The molecule has 146 valence electrons. The summed E-state index contributed by atoms with van der Waals surface area (Å²) in [7, 11) is 0. The first-order valence-electron chi connectivity index (χ1n) is 9.16. The Morgan fingerprint density at radius 2 is 1.48 bits per heavy atom. The highest BCUT2D eigenvalue weighted by Gasteiger charge is 2.18.